The molecule has 1 aliphatic rings. The van der Waals surface area contributed by atoms with Gasteiger partial charge in [0.1, 0.15) is 5.71 Å². The second-order valence-electron chi connectivity index (χ2n) is 6.34. The molecule has 0 radical (unpaired) electrons. The molecule has 0 saturated heterocycles. The lowest BCUT2D eigenvalue weighted by Crippen LogP contribution is -2.46. The number of benzene rings is 2. The van der Waals surface area contributed by atoms with E-state index in [1.807, 2.05) is 6.07 Å². The number of rotatable bonds is 6. The second-order valence-corrected chi connectivity index (χ2v) is 8.11. The number of hydrogen-bond acceptors (Lipinski definition) is 6. The van der Waals surface area contributed by atoms with E-state index in [1.165, 1.54) is 24.3 Å². The van der Waals surface area contributed by atoms with Gasteiger partial charge in [-0.15, -0.1) is 0 Å². The van der Waals surface area contributed by atoms with Gasteiger partial charge in [-0.05, 0) is 23.8 Å². The summed E-state index contributed by atoms with van der Waals surface area (Å²) in [5, 5.41) is 3.62. The summed E-state index contributed by atoms with van der Waals surface area (Å²) < 4.78 is 27.5. The van der Waals surface area contributed by atoms with Gasteiger partial charge in [0.2, 0.25) is 15.9 Å². The van der Waals surface area contributed by atoms with Crippen molar-refractivity contribution < 1.29 is 22.8 Å². The molecule has 0 bridgehead atoms. The van der Waals surface area contributed by atoms with Gasteiger partial charge >= 0.3 is 0 Å². The van der Waals surface area contributed by atoms with Crippen LogP contribution in [-0.4, -0.2) is 31.9 Å². The molecule has 2 aromatic rings. The summed E-state index contributed by atoms with van der Waals surface area (Å²) in [5.74, 6) is -1.67. The van der Waals surface area contributed by atoms with Crippen molar-refractivity contribution in [1.29, 1.82) is 0 Å². The molecule has 1 aliphatic heterocycles. The van der Waals surface area contributed by atoms with Crippen molar-refractivity contribution in [2.75, 3.05) is 0 Å². The zero-order chi connectivity index (χ0) is 21.6. The summed E-state index contributed by atoms with van der Waals surface area (Å²) in [6, 6.07) is 14.4. The van der Waals surface area contributed by atoms with Crippen LogP contribution in [-0.2, 0) is 26.2 Å². The first-order valence-electron chi connectivity index (χ1n) is 8.95. The van der Waals surface area contributed by atoms with Gasteiger partial charge in [-0.2, -0.15) is 5.10 Å². The smallest absolute Gasteiger partial charge is 0.273 e. The number of carbonyl (C=O) groups is 3. The maximum absolute atomic E-state index is 12.5. The van der Waals surface area contributed by atoms with Crippen LogP contribution >= 0.6 is 0 Å². The topological polar surface area (TPSA) is 146 Å². The predicted molar refractivity (Wildman–Crippen MR) is 107 cm³/mol. The Bertz CT molecular complexity index is 1100. The summed E-state index contributed by atoms with van der Waals surface area (Å²) in [6.07, 6.45) is 0.268. The molecule has 0 unspecified atom stereocenters. The Morgan fingerprint density at radius 3 is 2.40 bits per heavy atom. The Hall–Kier alpha value is -3.57. The summed E-state index contributed by atoms with van der Waals surface area (Å²) in [7, 11) is -3.84. The van der Waals surface area contributed by atoms with Gasteiger partial charge in [-0.3, -0.25) is 25.2 Å². The molecule has 0 saturated carbocycles. The molecule has 2 aromatic carbocycles. The van der Waals surface area contributed by atoms with Crippen LogP contribution in [0.1, 0.15) is 28.8 Å². The van der Waals surface area contributed by atoms with Crippen LogP contribution in [0.5, 0.6) is 0 Å². The van der Waals surface area contributed by atoms with Gasteiger partial charge in [0.25, 0.3) is 11.8 Å². The van der Waals surface area contributed by atoms with E-state index in [4.69, 9.17) is 0 Å². The molecular formula is C19H19N5O5S. The number of hydrogen-bond donors (Lipinski definition) is 4. The quantitative estimate of drug-likeness (QED) is 0.484. The third-order valence-electron chi connectivity index (χ3n) is 4.17. The predicted octanol–water partition coefficient (Wildman–Crippen LogP) is 0.192. The van der Waals surface area contributed by atoms with Gasteiger partial charge in [0.05, 0.1) is 4.90 Å². The first kappa shape index (κ1) is 21.1. The van der Waals surface area contributed by atoms with E-state index in [-0.39, 0.29) is 41.5 Å². The van der Waals surface area contributed by atoms with Crippen molar-refractivity contribution in [2.45, 2.75) is 24.3 Å². The Morgan fingerprint density at radius 1 is 0.967 bits per heavy atom. The average molecular weight is 429 g/mol. The Kier molecular flexibility index (Phi) is 6.54. The first-order chi connectivity index (χ1) is 14.3. The third kappa shape index (κ3) is 5.49. The summed E-state index contributed by atoms with van der Waals surface area (Å²) in [5.41, 5.74) is 7.46. The van der Waals surface area contributed by atoms with Gasteiger partial charge < -0.3 is 0 Å². The van der Waals surface area contributed by atoms with Gasteiger partial charge in [0, 0.05) is 24.9 Å². The molecule has 0 spiro atoms. The van der Waals surface area contributed by atoms with E-state index in [9.17, 15) is 22.8 Å². The standard InChI is InChI=1S/C19H19N5O5S/c25-17-10-9-16(21-22-17)19(27)24-23-18(26)14-7-4-8-15(11-14)30(28,29)20-12-13-5-2-1-3-6-13/h1-8,11,20H,9-10,12H2,(H,22,25)(H,23,26)(H,24,27). The van der Waals surface area contributed by atoms with Crippen LogP contribution < -0.4 is 21.0 Å². The fraction of sp³-hybridized carbons (Fsp3) is 0.158. The Balaban J connectivity index is 1.61. The van der Waals surface area contributed by atoms with E-state index in [2.05, 4.69) is 26.1 Å². The minimum absolute atomic E-state index is 0.0387. The van der Waals surface area contributed by atoms with Gasteiger partial charge in [0.15, 0.2) is 0 Å². The maximum Gasteiger partial charge on any atom is 0.285 e. The Morgan fingerprint density at radius 2 is 1.70 bits per heavy atom. The lowest BCUT2D eigenvalue weighted by Gasteiger charge is -2.13. The molecule has 0 aliphatic carbocycles. The molecule has 0 aromatic heterocycles. The minimum atomic E-state index is -3.84. The SMILES string of the molecule is O=C1CCC(C(=O)NNC(=O)c2cccc(S(=O)(=O)NCc3ccccc3)c2)=NN1. The summed E-state index contributed by atoms with van der Waals surface area (Å²) in [4.78, 5) is 35.2. The highest BCUT2D eigenvalue weighted by molar-refractivity contribution is 7.89. The van der Waals surface area contributed by atoms with E-state index < -0.39 is 21.8 Å². The molecule has 0 fully saturated rings. The molecule has 10 nitrogen and oxygen atoms in total. The molecule has 4 N–H and O–H groups in total. The van der Waals surface area contributed by atoms with Crippen molar-refractivity contribution in [3.63, 3.8) is 0 Å². The highest BCUT2D eigenvalue weighted by atomic mass is 32.2. The number of hydrazine groups is 1. The molecule has 1 heterocycles. The minimum Gasteiger partial charge on any atom is -0.273 e. The number of nitrogens with zero attached hydrogens (tertiary/aromatic N) is 1. The molecule has 11 heteroatoms. The molecule has 156 valence electrons. The molecule has 30 heavy (non-hydrogen) atoms. The second kappa shape index (κ2) is 9.29. The molecule has 3 amide bonds. The van der Waals surface area contributed by atoms with Crippen molar-refractivity contribution in [2.24, 2.45) is 5.10 Å². The Labute approximate surface area is 172 Å². The lowest BCUT2D eigenvalue weighted by atomic mass is 10.2. The van der Waals surface area contributed by atoms with E-state index >= 15 is 0 Å². The zero-order valence-corrected chi connectivity index (χ0v) is 16.5. The average Bonchev–Trinajstić information content (AvgIpc) is 2.77. The van der Waals surface area contributed by atoms with Crippen LogP contribution in [0.3, 0.4) is 0 Å². The lowest BCUT2D eigenvalue weighted by molar-refractivity contribution is -0.121. The monoisotopic (exact) mass is 429 g/mol. The fourth-order valence-electron chi connectivity index (χ4n) is 2.56. The van der Waals surface area contributed by atoms with Crippen LogP contribution in [0, 0.1) is 0 Å². The van der Waals surface area contributed by atoms with E-state index in [1.54, 1.807) is 24.3 Å². The van der Waals surface area contributed by atoms with Gasteiger partial charge in [-0.1, -0.05) is 36.4 Å². The number of hydrazone groups is 1. The molecular weight excluding hydrogens is 410 g/mol. The van der Waals surface area contributed by atoms with Crippen molar-refractivity contribution in [3.05, 3.63) is 65.7 Å². The largest absolute Gasteiger partial charge is 0.285 e. The first-order valence-corrected chi connectivity index (χ1v) is 10.4. The zero-order valence-electron chi connectivity index (χ0n) is 15.7. The molecule has 0 atom stereocenters. The summed E-state index contributed by atoms with van der Waals surface area (Å²) >= 11 is 0. The van der Waals surface area contributed by atoms with Crippen LogP contribution in [0.15, 0.2) is 64.6 Å². The van der Waals surface area contributed by atoms with Crippen molar-refractivity contribution in [3.8, 4) is 0 Å². The number of sulfonamides is 1. The van der Waals surface area contributed by atoms with Gasteiger partial charge in [-0.25, -0.2) is 18.6 Å². The normalized spacial score (nSPS) is 13.7. The van der Waals surface area contributed by atoms with E-state index in [0.29, 0.717) is 0 Å². The van der Waals surface area contributed by atoms with Crippen molar-refractivity contribution >= 4 is 33.5 Å². The van der Waals surface area contributed by atoms with Crippen molar-refractivity contribution in [1.82, 2.24) is 21.0 Å². The van der Waals surface area contributed by atoms with Crippen LogP contribution in [0.4, 0.5) is 0 Å². The maximum atomic E-state index is 12.5. The highest BCUT2D eigenvalue weighted by Gasteiger charge is 2.20. The highest BCUT2D eigenvalue weighted by Crippen LogP contribution is 2.12. The number of carbonyl (C=O) groups excluding carboxylic acids is 3. The number of amides is 3. The molecule has 3 rings (SSSR count). The summed E-state index contributed by atoms with van der Waals surface area (Å²) in [6.45, 7) is 0.105. The van der Waals surface area contributed by atoms with Crippen LogP contribution in [0.2, 0.25) is 0 Å². The fourth-order valence-corrected chi connectivity index (χ4v) is 3.62. The third-order valence-corrected chi connectivity index (χ3v) is 5.57. The van der Waals surface area contributed by atoms with Crippen LogP contribution in [0.25, 0.3) is 0 Å². The van der Waals surface area contributed by atoms with E-state index in [0.717, 1.165) is 5.56 Å². The number of nitrogens with one attached hydrogen (secondary N) is 4.